The van der Waals surface area contributed by atoms with E-state index in [2.05, 4.69) is 19.2 Å². The number of aliphatic imine (C=N–C) groups is 1. The first kappa shape index (κ1) is 30.3. The molecule has 2 saturated carbocycles. The minimum atomic E-state index is -0.560. The van der Waals surface area contributed by atoms with Gasteiger partial charge in [-0.25, -0.2) is 14.2 Å². The fraction of sp³-hybridized carbons (Fsp3) is 0.686. The fourth-order valence-electron chi connectivity index (χ4n) is 9.39. The number of unbranched alkanes of at least 4 members (excludes halogenated alkanes) is 1. The number of methoxy groups -OCH3 is 1. The van der Waals surface area contributed by atoms with Crippen LogP contribution in [0, 0.1) is 34.4 Å². The van der Waals surface area contributed by atoms with Gasteiger partial charge in [-0.1, -0.05) is 64.9 Å². The lowest BCUT2D eigenvalue weighted by atomic mass is 9.34. The molecule has 1 aromatic carbocycles. The maximum atomic E-state index is 14.5. The average molecular weight is 595 g/mol. The maximum Gasteiger partial charge on any atom is 0.330 e. The molecule has 43 heavy (non-hydrogen) atoms. The van der Waals surface area contributed by atoms with E-state index in [1.807, 2.05) is 0 Å². The topological polar surface area (TPSA) is 86.2 Å². The van der Waals surface area contributed by atoms with Crippen molar-refractivity contribution in [1.82, 2.24) is 5.32 Å². The van der Waals surface area contributed by atoms with Gasteiger partial charge in [0.25, 0.3) is 0 Å². The number of esters is 1. The summed E-state index contributed by atoms with van der Waals surface area (Å²) in [4.78, 5) is 29.9. The van der Waals surface area contributed by atoms with Gasteiger partial charge in [-0.15, -0.1) is 0 Å². The molecule has 7 nitrogen and oxygen atoms in total. The van der Waals surface area contributed by atoms with Gasteiger partial charge in [0.05, 0.1) is 24.7 Å². The lowest BCUT2D eigenvalue weighted by Crippen LogP contribution is -2.72. The third-order valence-corrected chi connectivity index (χ3v) is 11.7. The Morgan fingerprint density at radius 2 is 1.93 bits per heavy atom. The first-order valence-corrected chi connectivity index (χ1v) is 16.5. The second-order valence-corrected chi connectivity index (χ2v) is 13.7. The highest BCUT2D eigenvalue weighted by atomic mass is 19.1. The number of carbonyl (C=O) groups is 2. The van der Waals surface area contributed by atoms with Crippen LogP contribution in [-0.2, 0) is 30.2 Å². The molecule has 0 radical (unpaired) electrons. The molecule has 5 aliphatic rings. The first-order valence-electron chi connectivity index (χ1n) is 16.5. The number of nitrogens with one attached hydrogen (secondary N) is 1. The van der Waals surface area contributed by atoms with E-state index in [4.69, 9.17) is 19.2 Å². The van der Waals surface area contributed by atoms with Gasteiger partial charge >= 0.3 is 5.97 Å². The SMILES string of the molecule is COC(=O)C=Cc1ccc(F)cc1CC1C(C)C2(C)C3CCC(O3)C12C1=NC(C(=O)NCCCCC2CCCCC2)CO1. The second kappa shape index (κ2) is 12.3. The van der Waals surface area contributed by atoms with E-state index < -0.39 is 17.4 Å². The maximum absolute atomic E-state index is 14.5. The van der Waals surface area contributed by atoms with Crippen molar-refractivity contribution in [3.8, 4) is 0 Å². The van der Waals surface area contributed by atoms with Gasteiger partial charge in [-0.05, 0) is 72.8 Å². The number of hydrogen-bond donors (Lipinski definition) is 1. The number of halogens is 1. The van der Waals surface area contributed by atoms with Crippen LogP contribution in [0.1, 0.15) is 89.2 Å². The molecule has 3 aliphatic heterocycles. The van der Waals surface area contributed by atoms with Crippen molar-refractivity contribution in [2.75, 3.05) is 20.3 Å². The summed E-state index contributed by atoms with van der Waals surface area (Å²) < 4.78 is 32.2. The highest BCUT2D eigenvalue weighted by Crippen LogP contribution is 2.77. The van der Waals surface area contributed by atoms with Crippen LogP contribution in [0.3, 0.4) is 0 Å². The number of nitrogens with zero attached hydrogens (tertiary/aromatic N) is 1. The van der Waals surface area contributed by atoms with Crippen molar-refractivity contribution in [2.45, 2.75) is 103 Å². The molecule has 7 unspecified atom stereocenters. The standard InChI is InChI=1S/C35H47FN2O5/c1-22-27(20-25-19-26(36)14-12-24(25)13-17-31(39)41-3)35(30-16-15-29(43-30)34(22,35)2)33-38-28(21-42-33)32(40)37-18-8-7-11-23-9-5-4-6-10-23/h12-14,17,19,22-23,27-30H,4-11,15-16,18,20-21H2,1-3H3,(H,37,40). The summed E-state index contributed by atoms with van der Waals surface area (Å²) in [6.45, 7) is 5.45. The van der Waals surface area contributed by atoms with Crippen LogP contribution >= 0.6 is 0 Å². The van der Waals surface area contributed by atoms with Crippen LogP contribution in [0.25, 0.3) is 6.08 Å². The molecule has 2 bridgehead atoms. The minimum absolute atomic E-state index is 0.0494. The molecule has 1 aromatic rings. The number of hydrogen-bond acceptors (Lipinski definition) is 6. The van der Waals surface area contributed by atoms with Gasteiger partial charge in [-0.2, -0.15) is 0 Å². The Morgan fingerprint density at radius 3 is 2.72 bits per heavy atom. The number of carbonyl (C=O) groups excluding carboxylic acids is 2. The van der Waals surface area contributed by atoms with Crippen molar-refractivity contribution >= 4 is 23.9 Å². The Labute approximate surface area is 255 Å². The van der Waals surface area contributed by atoms with Gasteiger partial charge in [-0.3, -0.25) is 4.79 Å². The van der Waals surface area contributed by atoms with E-state index in [-0.39, 0.29) is 47.8 Å². The lowest BCUT2D eigenvalue weighted by Gasteiger charge is -2.67. The molecule has 7 atom stereocenters. The Balaban J connectivity index is 1.17. The average Bonchev–Trinajstić information content (AvgIpc) is 3.75. The molecule has 6 rings (SSSR count). The normalized spacial score (nSPS) is 34.9. The van der Waals surface area contributed by atoms with Crippen LogP contribution in [0.15, 0.2) is 29.3 Å². The molecule has 3 heterocycles. The monoisotopic (exact) mass is 594 g/mol. The zero-order chi connectivity index (χ0) is 30.2. The lowest BCUT2D eigenvalue weighted by molar-refractivity contribution is -0.159. The van der Waals surface area contributed by atoms with E-state index in [0.29, 0.717) is 18.9 Å². The van der Waals surface area contributed by atoms with Crippen molar-refractivity contribution in [1.29, 1.82) is 0 Å². The van der Waals surface area contributed by atoms with E-state index in [1.165, 1.54) is 57.8 Å². The largest absolute Gasteiger partial charge is 0.478 e. The Bertz CT molecular complexity index is 1270. The Morgan fingerprint density at radius 1 is 1.14 bits per heavy atom. The third-order valence-electron chi connectivity index (χ3n) is 11.7. The predicted octanol–water partition coefficient (Wildman–Crippen LogP) is 6.04. The van der Waals surface area contributed by atoms with Gasteiger partial charge in [0.2, 0.25) is 5.91 Å². The van der Waals surface area contributed by atoms with E-state index >= 15 is 0 Å². The number of rotatable bonds is 11. The minimum Gasteiger partial charge on any atom is -0.478 e. The molecule has 8 heteroatoms. The van der Waals surface area contributed by atoms with Crippen LogP contribution < -0.4 is 5.32 Å². The molecular weight excluding hydrogens is 547 g/mol. The molecule has 0 spiro atoms. The van der Waals surface area contributed by atoms with E-state index in [1.54, 1.807) is 18.2 Å². The van der Waals surface area contributed by atoms with Crippen LogP contribution in [0.2, 0.25) is 0 Å². The number of fused-ring (bicyclic) bond motifs is 5. The van der Waals surface area contributed by atoms with Crippen LogP contribution in [0.4, 0.5) is 4.39 Å². The molecule has 234 valence electrons. The number of benzene rings is 1. The zero-order valence-electron chi connectivity index (χ0n) is 25.9. The molecule has 1 N–H and O–H groups in total. The second-order valence-electron chi connectivity index (χ2n) is 13.7. The van der Waals surface area contributed by atoms with Crippen molar-refractivity contribution in [3.63, 3.8) is 0 Å². The van der Waals surface area contributed by atoms with Gasteiger partial charge in [0.1, 0.15) is 12.4 Å². The highest BCUT2D eigenvalue weighted by molar-refractivity contribution is 5.93. The van der Waals surface area contributed by atoms with E-state index in [9.17, 15) is 14.0 Å². The third kappa shape index (κ3) is 5.21. The van der Waals surface area contributed by atoms with Crippen molar-refractivity contribution < 1.29 is 28.2 Å². The molecule has 0 aromatic heterocycles. The van der Waals surface area contributed by atoms with Crippen LogP contribution in [-0.4, -0.2) is 56.3 Å². The molecule has 1 amide bonds. The summed E-state index contributed by atoms with van der Waals surface area (Å²) in [5.41, 5.74) is 0.948. The van der Waals surface area contributed by atoms with E-state index in [0.717, 1.165) is 42.7 Å². The number of amides is 1. The van der Waals surface area contributed by atoms with Gasteiger partial charge in [0.15, 0.2) is 11.9 Å². The number of ether oxygens (including phenoxy) is 3. The molecule has 4 fully saturated rings. The summed E-state index contributed by atoms with van der Waals surface area (Å²) in [5, 5.41) is 3.12. The summed E-state index contributed by atoms with van der Waals surface area (Å²) in [6.07, 6.45) is 15.9. The highest BCUT2D eigenvalue weighted by Gasteiger charge is 2.82. The summed E-state index contributed by atoms with van der Waals surface area (Å²) in [5.74, 6) is 1.02. The molecule has 2 aliphatic carbocycles. The van der Waals surface area contributed by atoms with Gasteiger partial charge in [0, 0.05) is 18.0 Å². The van der Waals surface area contributed by atoms with Gasteiger partial charge < -0.3 is 19.5 Å². The van der Waals surface area contributed by atoms with Crippen LogP contribution in [0.5, 0.6) is 0 Å². The Kier molecular flexibility index (Phi) is 8.69. The molecular formula is C35H47FN2O5. The summed E-state index contributed by atoms with van der Waals surface area (Å²) in [6, 6.07) is 4.11. The molecule has 2 saturated heterocycles. The summed E-state index contributed by atoms with van der Waals surface area (Å²) in [7, 11) is 1.34. The zero-order valence-corrected chi connectivity index (χ0v) is 25.9. The first-order chi connectivity index (χ1) is 20.8. The van der Waals surface area contributed by atoms with Crippen molar-refractivity contribution in [2.24, 2.45) is 33.6 Å². The predicted molar refractivity (Wildman–Crippen MR) is 163 cm³/mol. The Hall–Kier alpha value is -2.74. The van der Waals surface area contributed by atoms with Crippen molar-refractivity contribution in [3.05, 3.63) is 41.2 Å². The fourth-order valence-corrected chi connectivity index (χ4v) is 9.39. The summed E-state index contributed by atoms with van der Waals surface area (Å²) >= 11 is 0. The quantitative estimate of drug-likeness (QED) is 0.192. The smallest absolute Gasteiger partial charge is 0.330 e.